The number of esters is 1. The summed E-state index contributed by atoms with van der Waals surface area (Å²) in [6, 6.07) is 8.88. The van der Waals surface area contributed by atoms with Gasteiger partial charge in [0.15, 0.2) is 12.7 Å². The molecule has 70 valence electrons. The zero-order valence-corrected chi connectivity index (χ0v) is 7.66. The van der Waals surface area contributed by atoms with Gasteiger partial charge in [0.05, 0.1) is 0 Å². The van der Waals surface area contributed by atoms with Crippen molar-refractivity contribution in [3.63, 3.8) is 0 Å². The molecule has 0 unspecified atom stereocenters. The monoisotopic (exact) mass is 200 g/mol. The molecule has 4 heteroatoms. The topological polar surface area (TPSA) is 35.5 Å². The fourth-order valence-electron chi connectivity index (χ4n) is 0.761. The molecular formula is C9H9ClO3. The Morgan fingerprint density at radius 1 is 1.31 bits per heavy atom. The molecule has 0 aromatic heterocycles. The van der Waals surface area contributed by atoms with Crippen LogP contribution in [0.15, 0.2) is 30.3 Å². The Morgan fingerprint density at radius 2 is 2.00 bits per heavy atom. The van der Waals surface area contributed by atoms with Crippen LogP contribution in [0.5, 0.6) is 5.75 Å². The molecule has 0 heterocycles. The maximum atomic E-state index is 10.8. The molecule has 0 amide bonds. The zero-order chi connectivity index (χ0) is 9.52. The summed E-state index contributed by atoms with van der Waals surface area (Å²) < 4.78 is 9.55. The molecule has 13 heavy (non-hydrogen) atoms. The summed E-state index contributed by atoms with van der Waals surface area (Å²) in [5, 5.41) is 0. The number of carbonyl (C=O) groups excluding carboxylic acids is 1. The Morgan fingerprint density at radius 3 is 2.62 bits per heavy atom. The lowest BCUT2D eigenvalue weighted by molar-refractivity contribution is -0.143. The van der Waals surface area contributed by atoms with E-state index in [2.05, 4.69) is 4.74 Å². The summed E-state index contributed by atoms with van der Waals surface area (Å²) in [6.07, 6.45) is 0. The van der Waals surface area contributed by atoms with Crippen molar-refractivity contribution in [2.24, 2.45) is 0 Å². The molecule has 0 atom stereocenters. The van der Waals surface area contributed by atoms with E-state index >= 15 is 0 Å². The number of carbonyl (C=O) groups is 1. The van der Waals surface area contributed by atoms with Gasteiger partial charge in [-0.25, -0.2) is 4.79 Å². The van der Waals surface area contributed by atoms with E-state index in [1.807, 2.05) is 18.2 Å². The van der Waals surface area contributed by atoms with Gasteiger partial charge in [0.2, 0.25) is 0 Å². The maximum absolute atomic E-state index is 10.8. The number of hydrogen-bond acceptors (Lipinski definition) is 3. The second kappa shape index (κ2) is 5.43. The number of halogens is 1. The van der Waals surface area contributed by atoms with Crippen molar-refractivity contribution in [2.45, 2.75) is 0 Å². The third kappa shape index (κ3) is 3.80. The summed E-state index contributed by atoms with van der Waals surface area (Å²) in [5.41, 5.74) is 0. The SMILES string of the molecule is O=C(COc1ccccc1)OCCl. The number of hydrogen-bond donors (Lipinski definition) is 0. The molecule has 0 saturated carbocycles. The average molecular weight is 201 g/mol. The van der Waals surface area contributed by atoms with Crippen molar-refractivity contribution in [1.82, 2.24) is 0 Å². The van der Waals surface area contributed by atoms with E-state index in [-0.39, 0.29) is 12.7 Å². The Labute approximate surface area is 81.2 Å². The molecule has 0 bridgehead atoms. The fraction of sp³-hybridized carbons (Fsp3) is 0.222. The van der Waals surface area contributed by atoms with Crippen molar-refractivity contribution in [3.8, 4) is 5.75 Å². The molecule has 0 saturated heterocycles. The van der Waals surface area contributed by atoms with Crippen molar-refractivity contribution in [1.29, 1.82) is 0 Å². The number of benzene rings is 1. The quantitative estimate of drug-likeness (QED) is 0.549. The predicted molar refractivity (Wildman–Crippen MR) is 48.7 cm³/mol. The minimum absolute atomic E-state index is 0.114. The van der Waals surface area contributed by atoms with Gasteiger partial charge in [-0.05, 0) is 12.1 Å². The Balaban J connectivity index is 2.31. The highest BCUT2D eigenvalue weighted by molar-refractivity contribution is 6.17. The lowest BCUT2D eigenvalue weighted by atomic mass is 10.3. The first-order chi connectivity index (χ1) is 6.33. The van der Waals surface area contributed by atoms with Crippen LogP contribution in [-0.4, -0.2) is 18.6 Å². The molecule has 0 N–H and O–H groups in total. The number of ether oxygens (including phenoxy) is 2. The molecule has 3 nitrogen and oxygen atoms in total. The first-order valence-corrected chi connectivity index (χ1v) is 4.26. The van der Waals surface area contributed by atoms with Crippen molar-refractivity contribution in [3.05, 3.63) is 30.3 Å². The first-order valence-electron chi connectivity index (χ1n) is 3.72. The maximum Gasteiger partial charge on any atom is 0.345 e. The zero-order valence-electron chi connectivity index (χ0n) is 6.90. The fourth-order valence-corrected chi connectivity index (χ4v) is 0.883. The molecule has 0 fully saturated rings. The highest BCUT2D eigenvalue weighted by atomic mass is 35.5. The van der Waals surface area contributed by atoms with Gasteiger partial charge in [0.25, 0.3) is 0 Å². The van der Waals surface area contributed by atoms with Crippen LogP contribution in [0.1, 0.15) is 0 Å². The van der Waals surface area contributed by atoms with E-state index in [4.69, 9.17) is 16.3 Å². The lowest BCUT2D eigenvalue weighted by Gasteiger charge is -2.03. The van der Waals surface area contributed by atoms with E-state index < -0.39 is 5.97 Å². The molecule has 0 aliphatic carbocycles. The van der Waals surface area contributed by atoms with E-state index in [0.29, 0.717) is 5.75 Å². The lowest BCUT2D eigenvalue weighted by Crippen LogP contribution is -2.13. The summed E-state index contributed by atoms with van der Waals surface area (Å²) in [6.45, 7) is -0.114. The van der Waals surface area contributed by atoms with E-state index in [1.54, 1.807) is 12.1 Å². The largest absolute Gasteiger partial charge is 0.482 e. The van der Waals surface area contributed by atoms with Gasteiger partial charge in [-0.1, -0.05) is 29.8 Å². The summed E-state index contributed by atoms with van der Waals surface area (Å²) in [7, 11) is 0. The smallest absolute Gasteiger partial charge is 0.345 e. The van der Waals surface area contributed by atoms with Crippen LogP contribution in [0.4, 0.5) is 0 Å². The average Bonchev–Trinajstić information content (AvgIpc) is 2.17. The molecule has 1 aromatic rings. The van der Waals surface area contributed by atoms with Crippen LogP contribution >= 0.6 is 11.6 Å². The van der Waals surface area contributed by atoms with Crippen molar-refractivity contribution in [2.75, 3.05) is 12.7 Å². The van der Waals surface area contributed by atoms with Gasteiger partial charge in [-0.15, -0.1) is 0 Å². The van der Waals surface area contributed by atoms with Gasteiger partial charge < -0.3 is 9.47 Å². The molecule has 1 rings (SSSR count). The third-order valence-corrected chi connectivity index (χ3v) is 1.42. The Hall–Kier alpha value is -1.22. The summed E-state index contributed by atoms with van der Waals surface area (Å²) >= 11 is 5.18. The van der Waals surface area contributed by atoms with Gasteiger partial charge in [-0.2, -0.15) is 0 Å². The minimum atomic E-state index is -0.473. The highest BCUT2D eigenvalue weighted by Crippen LogP contribution is 2.07. The van der Waals surface area contributed by atoms with Crippen LogP contribution in [-0.2, 0) is 9.53 Å². The van der Waals surface area contributed by atoms with Crippen LogP contribution in [0, 0.1) is 0 Å². The van der Waals surface area contributed by atoms with Crippen molar-refractivity contribution >= 4 is 17.6 Å². The predicted octanol–water partition coefficient (Wildman–Crippen LogP) is 1.80. The normalized spacial score (nSPS) is 9.31. The minimum Gasteiger partial charge on any atom is -0.482 e. The number of rotatable bonds is 4. The number of para-hydroxylation sites is 1. The first kappa shape index (κ1) is 9.86. The Kier molecular flexibility index (Phi) is 4.12. The molecule has 0 spiro atoms. The molecular weight excluding hydrogens is 192 g/mol. The van der Waals surface area contributed by atoms with Crippen LogP contribution in [0.25, 0.3) is 0 Å². The second-order valence-electron chi connectivity index (χ2n) is 2.23. The number of alkyl halides is 1. The Bertz CT molecular complexity index is 261. The molecule has 1 aromatic carbocycles. The van der Waals surface area contributed by atoms with Crippen LogP contribution in [0.3, 0.4) is 0 Å². The van der Waals surface area contributed by atoms with Gasteiger partial charge >= 0.3 is 5.97 Å². The summed E-state index contributed by atoms with van der Waals surface area (Å²) in [5.74, 6) is 0.160. The van der Waals surface area contributed by atoms with Crippen LogP contribution in [0.2, 0.25) is 0 Å². The summed E-state index contributed by atoms with van der Waals surface area (Å²) in [4.78, 5) is 10.8. The van der Waals surface area contributed by atoms with Crippen LogP contribution < -0.4 is 4.74 Å². The highest BCUT2D eigenvalue weighted by Gasteiger charge is 2.01. The van der Waals surface area contributed by atoms with Gasteiger partial charge in [-0.3, -0.25) is 0 Å². The van der Waals surface area contributed by atoms with E-state index in [9.17, 15) is 4.79 Å². The molecule has 0 aliphatic heterocycles. The third-order valence-electron chi connectivity index (χ3n) is 1.32. The second-order valence-corrected chi connectivity index (χ2v) is 2.45. The van der Waals surface area contributed by atoms with E-state index in [1.165, 1.54) is 0 Å². The van der Waals surface area contributed by atoms with Crippen molar-refractivity contribution < 1.29 is 14.3 Å². The van der Waals surface area contributed by atoms with Gasteiger partial charge in [0.1, 0.15) is 5.75 Å². The van der Waals surface area contributed by atoms with Gasteiger partial charge in [0, 0.05) is 0 Å². The standard InChI is InChI=1S/C9H9ClO3/c10-7-13-9(11)6-12-8-4-2-1-3-5-8/h1-5H,6-7H2. The molecule has 0 radical (unpaired) electrons. The van der Waals surface area contributed by atoms with E-state index in [0.717, 1.165) is 0 Å². The molecule has 0 aliphatic rings.